The van der Waals surface area contributed by atoms with E-state index in [0.29, 0.717) is 18.7 Å². The van der Waals surface area contributed by atoms with Gasteiger partial charge in [-0.1, -0.05) is 55.8 Å². The number of hydrogen-bond acceptors (Lipinski definition) is 6. The lowest BCUT2D eigenvalue weighted by molar-refractivity contribution is -0.140. The van der Waals surface area contributed by atoms with Crippen LogP contribution in [0.25, 0.3) is 0 Å². The second kappa shape index (κ2) is 14.5. The molecule has 10 heteroatoms. The largest absolute Gasteiger partial charge is 0.497 e. The fourth-order valence-corrected chi connectivity index (χ4v) is 5.82. The normalized spacial score (nSPS) is 11.8. The van der Waals surface area contributed by atoms with Gasteiger partial charge in [-0.15, -0.1) is 0 Å². The molecule has 0 spiro atoms. The summed E-state index contributed by atoms with van der Waals surface area (Å²) < 4.78 is 39.8. The van der Waals surface area contributed by atoms with Crippen LogP contribution in [-0.2, 0) is 26.2 Å². The summed E-state index contributed by atoms with van der Waals surface area (Å²) in [7, 11) is -1.30. The number of benzene rings is 3. The Morgan fingerprint density at radius 2 is 1.56 bits per heavy atom. The Balaban J connectivity index is 2.08. The minimum absolute atomic E-state index is 0.0187. The van der Waals surface area contributed by atoms with Gasteiger partial charge < -0.3 is 19.7 Å². The lowest BCUT2D eigenvalue weighted by Gasteiger charge is -2.33. The van der Waals surface area contributed by atoms with Gasteiger partial charge in [0, 0.05) is 13.1 Å². The Morgan fingerprint density at radius 1 is 0.902 bits per heavy atom. The van der Waals surface area contributed by atoms with Gasteiger partial charge in [0.25, 0.3) is 10.0 Å². The van der Waals surface area contributed by atoms with Crippen LogP contribution in [0.2, 0.25) is 0 Å². The van der Waals surface area contributed by atoms with Crippen molar-refractivity contribution >= 4 is 27.5 Å². The Kier molecular flexibility index (Phi) is 11.2. The number of para-hydroxylation sites is 2. The Labute approximate surface area is 243 Å². The van der Waals surface area contributed by atoms with Gasteiger partial charge in [-0.3, -0.25) is 13.9 Å². The molecule has 3 aromatic rings. The SMILES string of the molecule is CCCNC(=O)[C@@H](CC)N(Cc1ccc(C)cc1)C(=O)CN(c1ccccc1OC)S(=O)(=O)c1ccc(OC)cc1. The van der Waals surface area contributed by atoms with Gasteiger partial charge in [-0.2, -0.15) is 0 Å². The van der Waals surface area contributed by atoms with Crippen LogP contribution in [0, 0.1) is 6.92 Å². The van der Waals surface area contributed by atoms with E-state index in [1.807, 2.05) is 45.0 Å². The monoisotopic (exact) mass is 581 g/mol. The van der Waals surface area contributed by atoms with Gasteiger partial charge >= 0.3 is 0 Å². The third kappa shape index (κ3) is 7.79. The Morgan fingerprint density at radius 3 is 2.15 bits per heavy atom. The topological polar surface area (TPSA) is 105 Å². The number of carbonyl (C=O) groups excluding carboxylic acids is 2. The molecule has 1 N–H and O–H groups in total. The Bertz CT molecular complexity index is 1410. The maximum atomic E-state index is 14.1. The van der Waals surface area contributed by atoms with Crippen molar-refractivity contribution in [2.45, 2.75) is 51.1 Å². The van der Waals surface area contributed by atoms with E-state index >= 15 is 0 Å². The molecule has 1 atom stereocenters. The van der Waals surface area contributed by atoms with Crippen LogP contribution < -0.4 is 19.1 Å². The Hall–Kier alpha value is -4.05. The van der Waals surface area contributed by atoms with Crippen LogP contribution in [0.1, 0.15) is 37.8 Å². The number of nitrogens with zero attached hydrogens (tertiary/aromatic N) is 2. The second-order valence-corrected chi connectivity index (χ2v) is 11.4. The van der Waals surface area contributed by atoms with Crippen LogP contribution in [-0.4, -0.2) is 58.5 Å². The molecule has 0 aromatic heterocycles. The summed E-state index contributed by atoms with van der Waals surface area (Å²) >= 11 is 0. The van der Waals surface area contributed by atoms with E-state index in [0.717, 1.165) is 21.9 Å². The minimum Gasteiger partial charge on any atom is -0.497 e. The van der Waals surface area contributed by atoms with Crippen LogP contribution in [0.3, 0.4) is 0 Å². The molecule has 220 valence electrons. The summed E-state index contributed by atoms with van der Waals surface area (Å²) in [6, 6.07) is 19.4. The molecule has 0 unspecified atom stereocenters. The first-order chi connectivity index (χ1) is 19.7. The van der Waals surface area contributed by atoms with Crippen molar-refractivity contribution in [1.29, 1.82) is 0 Å². The van der Waals surface area contributed by atoms with Crippen molar-refractivity contribution in [3.05, 3.63) is 83.9 Å². The van der Waals surface area contributed by atoms with Crippen molar-refractivity contribution in [2.75, 3.05) is 31.6 Å². The third-order valence-corrected chi connectivity index (χ3v) is 8.46. The molecule has 0 fully saturated rings. The quantitative estimate of drug-likeness (QED) is 0.300. The van der Waals surface area contributed by atoms with Gasteiger partial charge in [-0.05, 0) is 61.7 Å². The van der Waals surface area contributed by atoms with E-state index in [1.165, 1.54) is 31.3 Å². The molecular formula is C31H39N3O6S. The number of anilines is 1. The molecule has 0 aliphatic heterocycles. The summed E-state index contributed by atoms with van der Waals surface area (Å²) in [5.41, 5.74) is 2.10. The highest BCUT2D eigenvalue weighted by Gasteiger charge is 2.34. The number of carbonyl (C=O) groups is 2. The predicted molar refractivity (Wildman–Crippen MR) is 160 cm³/mol. The molecule has 0 saturated carbocycles. The highest BCUT2D eigenvalue weighted by molar-refractivity contribution is 7.92. The molecule has 0 radical (unpaired) electrons. The van der Waals surface area contributed by atoms with Gasteiger partial charge in [0.2, 0.25) is 11.8 Å². The number of aryl methyl sites for hydroxylation is 1. The average Bonchev–Trinajstić information content (AvgIpc) is 2.99. The fraction of sp³-hybridized carbons (Fsp3) is 0.355. The summed E-state index contributed by atoms with van der Waals surface area (Å²) in [5, 5.41) is 2.89. The van der Waals surface area contributed by atoms with E-state index in [9.17, 15) is 18.0 Å². The maximum Gasteiger partial charge on any atom is 0.264 e. The molecular weight excluding hydrogens is 542 g/mol. The first-order valence-electron chi connectivity index (χ1n) is 13.6. The predicted octanol–water partition coefficient (Wildman–Crippen LogP) is 4.54. The molecule has 41 heavy (non-hydrogen) atoms. The van der Waals surface area contributed by atoms with E-state index in [2.05, 4.69) is 5.32 Å². The maximum absolute atomic E-state index is 14.1. The van der Waals surface area contributed by atoms with Crippen LogP contribution in [0.4, 0.5) is 5.69 Å². The van der Waals surface area contributed by atoms with Gasteiger partial charge in [0.05, 0.1) is 24.8 Å². The van der Waals surface area contributed by atoms with E-state index in [1.54, 1.807) is 36.4 Å². The number of nitrogens with one attached hydrogen (secondary N) is 1. The second-order valence-electron chi connectivity index (χ2n) is 9.58. The molecule has 0 heterocycles. The van der Waals surface area contributed by atoms with Gasteiger partial charge in [0.1, 0.15) is 24.1 Å². The summed E-state index contributed by atoms with van der Waals surface area (Å²) in [4.78, 5) is 28.8. The van der Waals surface area contributed by atoms with Gasteiger partial charge in [-0.25, -0.2) is 8.42 Å². The summed E-state index contributed by atoms with van der Waals surface area (Å²) in [5.74, 6) is -0.0176. The van der Waals surface area contributed by atoms with Crippen LogP contribution >= 0.6 is 0 Å². The number of ether oxygens (including phenoxy) is 2. The zero-order valence-electron chi connectivity index (χ0n) is 24.3. The number of rotatable bonds is 14. The van der Waals surface area contributed by atoms with Crippen molar-refractivity contribution in [1.82, 2.24) is 10.2 Å². The van der Waals surface area contributed by atoms with Crippen LogP contribution in [0.5, 0.6) is 11.5 Å². The zero-order valence-corrected chi connectivity index (χ0v) is 25.1. The molecule has 2 amide bonds. The smallest absolute Gasteiger partial charge is 0.264 e. The summed E-state index contributed by atoms with van der Waals surface area (Å²) in [6.45, 7) is 5.82. The molecule has 3 rings (SSSR count). The number of amides is 2. The molecule has 9 nitrogen and oxygen atoms in total. The minimum atomic E-state index is -4.24. The van der Waals surface area contributed by atoms with Crippen molar-refractivity contribution in [2.24, 2.45) is 0 Å². The molecule has 0 saturated heterocycles. The fourth-order valence-electron chi connectivity index (χ4n) is 4.40. The van der Waals surface area contributed by atoms with E-state index in [4.69, 9.17) is 9.47 Å². The van der Waals surface area contributed by atoms with Gasteiger partial charge in [0.15, 0.2) is 0 Å². The van der Waals surface area contributed by atoms with Crippen LogP contribution in [0.15, 0.2) is 77.7 Å². The lowest BCUT2D eigenvalue weighted by atomic mass is 10.1. The first kappa shape index (κ1) is 31.5. The number of methoxy groups -OCH3 is 2. The summed E-state index contributed by atoms with van der Waals surface area (Å²) in [6.07, 6.45) is 1.10. The van der Waals surface area contributed by atoms with E-state index in [-0.39, 0.29) is 28.8 Å². The third-order valence-electron chi connectivity index (χ3n) is 6.69. The number of sulfonamides is 1. The van der Waals surface area contributed by atoms with Crippen molar-refractivity contribution in [3.63, 3.8) is 0 Å². The molecule has 0 bridgehead atoms. The van der Waals surface area contributed by atoms with Crippen molar-refractivity contribution < 1.29 is 27.5 Å². The average molecular weight is 582 g/mol. The highest BCUT2D eigenvalue weighted by Crippen LogP contribution is 2.33. The molecule has 3 aromatic carbocycles. The zero-order chi connectivity index (χ0) is 30.0. The highest BCUT2D eigenvalue weighted by atomic mass is 32.2. The number of hydrogen-bond donors (Lipinski definition) is 1. The van der Waals surface area contributed by atoms with E-state index < -0.39 is 28.5 Å². The molecule has 0 aliphatic carbocycles. The van der Waals surface area contributed by atoms with Crippen molar-refractivity contribution in [3.8, 4) is 11.5 Å². The standard InChI is InChI=1S/C31H39N3O6S/c1-6-20-32-31(36)27(7-2)33(21-24-14-12-23(3)13-15-24)30(35)22-34(28-10-8-9-11-29(28)40-5)41(37,38)26-18-16-25(39-4)17-19-26/h8-19,27H,6-7,20-22H2,1-5H3,(H,32,36)/t27-/m1/s1. The molecule has 0 aliphatic rings. The lowest BCUT2D eigenvalue weighted by Crippen LogP contribution is -2.52. The first-order valence-corrected chi connectivity index (χ1v) is 15.0.